The van der Waals surface area contributed by atoms with Crippen LogP contribution in [0.4, 0.5) is 0 Å². The van der Waals surface area contributed by atoms with E-state index in [1.165, 1.54) is 6.26 Å². The summed E-state index contributed by atoms with van der Waals surface area (Å²) in [6.45, 7) is 4.39. The van der Waals surface area contributed by atoms with E-state index in [0.29, 0.717) is 17.5 Å². The molecule has 1 aliphatic heterocycles. The van der Waals surface area contributed by atoms with E-state index in [2.05, 4.69) is 15.5 Å². The van der Waals surface area contributed by atoms with Crippen molar-refractivity contribution in [2.24, 2.45) is 0 Å². The average Bonchev–Trinajstić information content (AvgIpc) is 2.59. The van der Waals surface area contributed by atoms with Crippen LogP contribution < -0.4 is 10.6 Å². The number of amides is 1. The van der Waals surface area contributed by atoms with E-state index >= 15 is 0 Å². The third-order valence-electron chi connectivity index (χ3n) is 4.78. The molecule has 1 saturated heterocycles. The second-order valence-corrected chi connectivity index (χ2v) is 8.78. The van der Waals surface area contributed by atoms with Gasteiger partial charge in [0.25, 0.3) is 0 Å². The highest BCUT2D eigenvalue weighted by molar-refractivity contribution is 7.90. The van der Waals surface area contributed by atoms with Crippen molar-refractivity contribution in [1.82, 2.24) is 15.5 Å². The lowest BCUT2D eigenvalue weighted by atomic mass is 10.0. The van der Waals surface area contributed by atoms with Gasteiger partial charge in [-0.1, -0.05) is 19.1 Å². The zero-order valence-electron chi connectivity index (χ0n) is 15.3. The van der Waals surface area contributed by atoms with Crippen LogP contribution in [0, 0.1) is 0 Å². The van der Waals surface area contributed by atoms with Crippen LogP contribution in [0.3, 0.4) is 0 Å². The first kappa shape index (κ1) is 19.9. The van der Waals surface area contributed by atoms with Crippen molar-refractivity contribution in [3.63, 3.8) is 0 Å². The highest BCUT2D eigenvalue weighted by atomic mass is 32.2. The molecule has 0 spiro atoms. The Kier molecular flexibility index (Phi) is 6.98. The van der Waals surface area contributed by atoms with Gasteiger partial charge in [0.2, 0.25) is 5.91 Å². The van der Waals surface area contributed by atoms with Gasteiger partial charge in [0.05, 0.1) is 17.5 Å². The fourth-order valence-electron chi connectivity index (χ4n) is 3.21. The monoisotopic (exact) mass is 367 g/mol. The molecule has 1 heterocycles. The maximum Gasteiger partial charge on any atom is 0.234 e. The van der Waals surface area contributed by atoms with Gasteiger partial charge in [-0.3, -0.25) is 9.69 Å². The zero-order chi connectivity index (χ0) is 18.4. The maximum absolute atomic E-state index is 12.4. The van der Waals surface area contributed by atoms with Gasteiger partial charge >= 0.3 is 0 Å². The summed E-state index contributed by atoms with van der Waals surface area (Å²) >= 11 is 0. The molecule has 0 saturated carbocycles. The van der Waals surface area contributed by atoms with Crippen LogP contribution >= 0.6 is 0 Å². The topological polar surface area (TPSA) is 78.5 Å². The Hall–Kier alpha value is -1.44. The number of sulfone groups is 1. The summed E-state index contributed by atoms with van der Waals surface area (Å²) in [7, 11) is -1.21. The van der Waals surface area contributed by atoms with Crippen molar-refractivity contribution in [2.75, 3.05) is 32.9 Å². The van der Waals surface area contributed by atoms with Crippen LogP contribution in [0.25, 0.3) is 0 Å². The van der Waals surface area contributed by atoms with Gasteiger partial charge in [0, 0.05) is 12.3 Å². The van der Waals surface area contributed by atoms with Crippen molar-refractivity contribution in [3.8, 4) is 0 Å². The summed E-state index contributed by atoms with van der Waals surface area (Å²) in [5, 5.41) is 6.40. The smallest absolute Gasteiger partial charge is 0.234 e. The van der Waals surface area contributed by atoms with E-state index in [9.17, 15) is 13.2 Å². The number of benzene rings is 1. The predicted molar refractivity (Wildman–Crippen MR) is 99.2 cm³/mol. The van der Waals surface area contributed by atoms with Crippen molar-refractivity contribution in [3.05, 3.63) is 29.8 Å². The summed E-state index contributed by atoms with van der Waals surface area (Å²) in [6.07, 6.45) is 4.07. The van der Waals surface area contributed by atoms with Crippen molar-refractivity contribution < 1.29 is 13.2 Å². The molecule has 1 aromatic carbocycles. The molecule has 2 rings (SSSR count). The van der Waals surface area contributed by atoms with Crippen LogP contribution in [0.1, 0.15) is 37.8 Å². The van der Waals surface area contributed by atoms with Gasteiger partial charge in [-0.25, -0.2) is 8.42 Å². The molecule has 7 heteroatoms. The minimum Gasteiger partial charge on any atom is -0.348 e. The van der Waals surface area contributed by atoms with E-state index < -0.39 is 9.84 Å². The predicted octanol–water partition coefficient (Wildman–Crippen LogP) is 1.34. The zero-order valence-corrected chi connectivity index (χ0v) is 16.1. The number of hydrogen-bond acceptors (Lipinski definition) is 5. The molecule has 1 aliphatic rings. The average molecular weight is 368 g/mol. The number of nitrogens with zero attached hydrogens (tertiary/aromatic N) is 1. The van der Waals surface area contributed by atoms with Crippen molar-refractivity contribution in [2.45, 2.75) is 43.2 Å². The first-order chi connectivity index (χ1) is 11.8. The third kappa shape index (κ3) is 5.80. The fourth-order valence-corrected chi connectivity index (χ4v) is 3.84. The summed E-state index contributed by atoms with van der Waals surface area (Å²) in [5.41, 5.74) is 0.924. The highest BCUT2D eigenvalue weighted by Crippen LogP contribution is 2.19. The molecule has 0 aromatic heterocycles. The summed E-state index contributed by atoms with van der Waals surface area (Å²) in [6, 6.07) is 7.09. The van der Waals surface area contributed by atoms with Gasteiger partial charge < -0.3 is 10.6 Å². The van der Waals surface area contributed by atoms with Crippen molar-refractivity contribution in [1.29, 1.82) is 0 Å². The van der Waals surface area contributed by atoms with E-state index in [-0.39, 0.29) is 11.9 Å². The highest BCUT2D eigenvalue weighted by Gasteiger charge is 2.21. The second-order valence-electron chi connectivity index (χ2n) is 6.77. The van der Waals surface area contributed by atoms with Crippen molar-refractivity contribution >= 4 is 15.7 Å². The maximum atomic E-state index is 12.4. The first-order valence-electron chi connectivity index (χ1n) is 8.81. The number of hydrogen-bond donors (Lipinski definition) is 2. The van der Waals surface area contributed by atoms with Gasteiger partial charge in [-0.15, -0.1) is 0 Å². The Labute approximate surface area is 150 Å². The minimum atomic E-state index is -3.20. The summed E-state index contributed by atoms with van der Waals surface area (Å²) in [5.74, 6) is 0.0000669. The number of carbonyl (C=O) groups is 1. The number of likely N-dealkylation sites (N-methyl/N-ethyl adjacent to an activating group) is 1. The van der Waals surface area contributed by atoms with E-state index in [4.69, 9.17) is 0 Å². The third-order valence-corrected chi connectivity index (χ3v) is 5.91. The lowest BCUT2D eigenvalue weighted by molar-refractivity contribution is -0.123. The Balaban J connectivity index is 1.95. The Bertz CT molecular complexity index is 667. The normalized spacial score (nSPS) is 17.4. The van der Waals surface area contributed by atoms with Crippen LogP contribution in [0.5, 0.6) is 0 Å². The molecule has 6 nitrogen and oxygen atoms in total. The van der Waals surface area contributed by atoms with Gasteiger partial charge in [-0.05, 0) is 57.1 Å². The van der Waals surface area contributed by atoms with Crippen LogP contribution in [-0.4, -0.2) is 58.2 Å². The number of rotatable bonds is 7. The molecular formula is C18H29N3O3S. The lowest BCUT2D eigenvalue weighted by Crippen LogP contribution is -2.45. The van der Waals surface area contributed by atoms with E-state index in [1.807, 2.05) is 14.0 Å². The number of carbonyl (C=O) groups excluding carboxylic acids is 1. The fraction of sp³-hybridized carbons (Fsp3) is 0.611. The molecule has 2 N–H and O–H groups in total. The van der Waals surface area contributed by atoms with Gasteiger partial charge in [-0.2, -0.15) is 0 Å². The molecule has 1 fully saturated rings. The van der Waals surface area contributed by atoms with Crippen LogP contribution in [-0.2, 0) is 14.6 Å². The van der Waals surface area contributed by atoms with Gasteiger partial charge in [0.15, 0.2) is 9.84 Å². The summed E-state index contributed by atoms with van der Waals surface area (Å²) < 4.78 is 23.1. The Morgan fingerprint density at radius 1 is 1.28 bits per heavy atom. The molecule has 1 amide bonds. The molecule has 140 valence electrons. The Morgan fingerprint density at radius 2 is 1.88 bits per heavy atom. The molecule has 1 aromatic rings. The molecular weight excluding hydrogens is 338 g/mol. The molecule has 0 bridgehead atoms. The number of piperidine rings is 1. The van der Waals surface area contributed by atoms with E-state index in [1.54, 1.807) is 24.3 Å². The van der Waals surface area contributed by atoms with Gasteiger partial charge in [0.1, 0.15) is 0 Å². The molecule has 0 radical (unpaired) electrons. The standard InChI is InChI=1S/C18H29N3O3S/c1-4-17(14-5-7-16(8-6-14)25(3,23)24)20-18(22)13-21(2)15-9-11-19-12-10-15/h5-8,15,17,19H,4,9-13H2,1-3H3,(H,20,22)/t17-/m0/s1. The van der Waals surface area contributed by atoms with E-state index in [0.717, 1.165) is 37.9 Å². The largest absolute Gasteiger partial charge is 0.348 e. The molecule has 0 unspecified atom stereocenters. The molecule has 0 aliphatic carbocycles. The first-order valence-corrected chi connectivity index (χ1v) is 10.7. The lowest BCUT2D eigenvalue weighted by Gasteiger charge is -2.31. The van der Waals surface area contributed by atoms with Crippen LogP contribution in [0.15, 0.2) is 29.2 Å². The summed E-state index contributed by atoms with van der Waals surface area (Å²) in [4.78, 5) is 14.8. The number of nitrogens with one attached hydrogen (secondary N) is 2. The quantitative estimate of drug-likeness (QED) is 0.760. The van der Waals surface area contributed by atoms with Crippen LogP contribution in [0.2, 0.25) is 0 Å². The molecule has 25 heavy (non-hydrogen) atoms. The molecule has 1 atom stereocenters. The SMILES string of the molecule is CC[C@H](NC(=O)CN(C)C1CCNCC1)c1ccc(S(C)(=O)=O)cc1. The second kappa shape index (κ2) is 8.78. The minimum absolute atomic E-state index is 0.0000669. The Morgan fingerprint density at radius 3 is 2.40 bits per heavy atom.